The molecule has 1 saturated carbocycles. The number of hydrogen-bond acceptors (Lipinski definition) is 4. The Morgan fingerprint density at radius 2 is 1.97 bits per heavy atom. The Morgan fingerprint density at radius 1 is 1.23 bits per heavy atom. The van der Waals surface area contributed by atoms with Crippen molar-refractivity contribution in [2.75, 3.05) is 13.6 Å². The van der Waals surface area contributed by atoms with Crippen molar-refractivity contribution in [3.8, 4) is 5.69 Å². The van der Waals surface area contributed by atoms with Crippen LogP contribution in [0.25, 0.3) is 5.69 Å². The Bertz CT molecular complexity index is 875. The maximum absolute atomic E-state index is 11.9. The standard InChI is InChI=1S/C23H33N5O2.HI/c1-17-15-18(2)28(27-17)21-12-7-4-9-19(21)16-26-23(24-3)25-14-8-13-22(29)30-20-10-5-6-11-20;/h4,7,9,12,15,20H,5-6,8,10-11,13-14,16H2,1-3H3,(H2,24,25,26);1H. The van der Waals surface area contributed by atoms with Crippen molar-refractivity contribution in [3.05, 3.63) is 47.3 Å². The van der Waals surface area contributed by atoms with Crippen LogP contribution in [0.3, 0.4) is 0 Å². The van der Waals surface area contributed by atoms with Gasteiger partial charge in [-0.15, -0.1) is 24.0 Å². The molecule has 1 heterocycles. The van der Waals surface area contributed by atoms with Gasteiger partial charge in [-0.25, -0.2) is 4.68 Å². The van der Waals surface area contributed by atoms with Gasteiger partial charge in [0.1, 0.15) is 6.10 Å². The minimum atomic E-state index is -0.0922. The van der Waals surface area contributed by atoms with Crippen LogP contribution in [0.4, 0.5) is 0 Å². The molecular formula is C23H34IN5O2. The van der Waals surface area contributed by atoms with E-state index in [0.29, 0.717) is 31.9 Å². The number of para-hydroxylation sites is 1. The Hall–Kier alpha value is -2.10. The quantitative estimate of drug-likeness (QED) is 0.174. The summed E-state index contributed by atoms with van der Waals surface area (Å²) in [4.78, 5) is 16.2. The zero-order valence-corrected chi connectivity index (χ0v) is 21.0. The van der Waals surface area contributed by atoms with Crippen LogP contribution in [-0.2, 0) is 16.1 Å². The lowest BCUT2D eigenvalue weighted by atomic mass is 10.1. The summed E-state index contributed by atoms with van der Waals surface area (Å²) in [6.45, 7) is 5.35. The number of aliphatic imine (C=N–C) groups is 1. The van der Waals surface area contributed by atoms with Crippen LogP contribution in [0.2, 0.25) is 0 Å². The van der Waals surface area contributed by atoms with Crippen LogP contribution in [0.1, 0.15) is 55.5 Å². The molecule has 31 heavy (non-hydrogen) atoms. The van der Waals surface area contributed by atoms with E-state index in [1.807, 2.05) is 23.7 Å². The van der Waals surface area contributed by atoms with Crippen molar-refractivity contribution in [1.29, 1.82) is 0 Å². The monoisotopic (exact) mass is 539 g/mol. The fraction of sp³-hybridized carbons (Fsp3) is 0.522. The number of halogens is 1. The number of aryl methyl sites for hydroxylation is 2. The van der Waals surface area contributed by atoms with Crippen LogP contribution in [0.5, 0.6) is 0 Å². The number of carbonyl (C=O) groups excluding carboxylic acids is 1. The van der Waals surface area contributed by atoms with Gasteiger partial charge in [0.25, 0.3) is 0 Å². The minimum absolute atomic E-state index is 0. The first-order chi connectivity index (χ1) is 14.6. The number of esters is 1. The molecule has 8 heteroatoms. The van der Waals surface area contributed by atoms with Crippen LogP contribution in [0, 0.1) is 13.8 Å². The van der Waals surface area contributed by atoms with E-state index in [4.69, 9.17) is 4.74 Å². The summed E-state index contributed by atoms with van der Waals surface area (Å²) in [6, 6.07) is 10.3. The van der Waals surface area contributed by atoms with Gasteiger partial charge in [-0.05, 0) is 63.6 Å². The van der Waals surface area contributed by atoms with Crippen molar-refractivity contribution in [2.24, 2.45) is 4.99 Å². The fourth-order valence-electron chi connectivity index (χ4n) is 3.83. The molecule has 1 aromatic heterocycles. The van der Waals surface area contributed by atoms with E-state index >= 15 is 0 Å². The van der Waals surface area contributed by atoms with Crippen LogP contribution < -0.4 is 10.6 Å². The molecule has 3 rings (SSSR count). The molecule has 7 nitrogen and oxygen atoms in total. The molecule has 1 aromatic carbocycles. The Kier molecular flexibility index (Phi) is 10.3. The molecule has 0 saturated heterocycles. The number of benzene rings is 1. The third-order valence-electron chi connectivity index (χ3n) is 5.35. The zero-order chi connectivity index (χ0) is 21.3. The predicted octanol–water partition coefficient (Wildman–Crippen LogP) is 4.04. The van der Waals surface area contributed by atoms with Gasteiger partial charge in [0.2, 0.25) is 0 Å². The third-order valence-corrected chi connectivity index (χ3v) is 5.35. The van der Waals surface area contributed by atoms with Crippen molar-refractivity contribution in [3.63, 3.8) is 0 Å². The average Bonchev–Trinajstić information content (AvgIpc) is 3.36. The maximum Gasteiger partial charge on any atom is 0.306 e. The lowest BCUT2D eigenvalue weighted by Gasteiger charge is -2.15. The summed E-state index contributed by atoms with van der Waals surface area (Å²) in [5.74, 6) is 0.618. The van der Waals surface area contributed by atoms with E-state index in [2.05, 4.69) is 45.8 Å². The number of rotatable bonds is 8. The Balaban J connectivity index is 0.00000341. The molecule has 1 fully saturated rings. The summed E-state index contributed by atoms with van der Waals surface area (Å²) in [6.07, 6.45) is 5.66. The fourth-order valence-corrected chi connectivity index (χ4v) is 3.83. The van der Waals surface area contributed by atoms with Gasteiger partial charge in [-0.2, -0.15) is 5.10 Å². The molecular weight excluding hydrogens is 505 g/mol. The lowest BCUT2D eigenvalue weighted by molar-refractivity contribution is -0.148. The molecule has 2 aromatic rings. The molecule has 0 bridgehead atoms. The number of guanidine groups is 1. The van der Waals surface area contributed by atoms with Gasteiger partial charge >= 0.3 is 5.97 Å². The molecule has 0 amide bonds. The summed E-state index contributed by atoms with van der Waals surface area (Å²) in [7, 11) is 1.75. The number of aromatic nitrogens is 2. The van der Waals surface area contributed by atoms with Gasteiger partial charge in [0, 0.05) is 32.3 Å². The van der Waals surface area contributed by atoms with Crippen LogP contribution in [-0.4, -0.2) is 41.4 Å². The molecule has 0 unspecified atom stereocenters. The summed E-state index contributed by atoms with van der Waals surface area (Å²) >= 11 is 0. The van der Waals surface area contributed by atoms with Crippen molar-refractivity contribution in [2.45, 2.75) is 65.0 Å². The number of nitrogens with one attached hydrogen (secondary N) is 2. The summed E-state index contributed by atoms with van der Waals surface area (Å²) in [5, 5.41) is 11.2. The van der Waals surface area contributed by atoms with E-state index < -0.39 is 0 Å². The van der Waals surface area contributed by atoms with Crippen LogP contribution >= 0.6 is 24.0 Å². The first-order valence-electron chi connectivity index (χ1n) is 10.8. The number of nitrogens with zero attached hydrogens (tertiary/aromatic N) is 3. The normalized spacial score (nSPS) is 14.2. The van der Waals surface area contributed by atoms with Crippen molar-refractivity contribution < 1.29 is 9.53 Å². The average molecular weight is 539 g/mol. The molecule has 0 atom stereocenters. The van der Waals surface area contributed by atoms with E-state index in [0.717, 1.165) is 35.5 Å². The molecule has 0 spiro atoms. The number of ether oxygens (including phenoxy) is 1. The zero-order valence-electron chi connectivity index (χ0n) is 18.7. The topological polar surface area (TPSA) is 80.5 Å². The highest BCUT2D eigenvalue weighted by Gasteiger charge is 2.18. The second-order valence-corrected chi connectivity index (χ2v) is 7.82. The van der Waals surface area contributed by atoms with Gasteiger partial charge in [-0.1, -0.05) is 18.2 Å². The molecule has 1 aliphatic rings. The number of hydrogen-bond donors (Lipinski definition) is 2. The summed E-state index contributed by atoms with van der Waals surface area (Å²) < 4.78 is 7.47. The first-order valence-corrected chi connectivity index (χ1v) is 10.8. The van der Waals surface area contributed by atoms with Crippen molar-refractivity contribution >= 4 is 35.9 Å². The highest BCUT2D eigenvalue weighted by atomic mass is 127. The second-order valence-electron chi connectivity index (χ2n) is 7.82. The van der Waals surface area contributed by atoms with E-state index in [1.54, 1.807) is 7.05 Å². The maximum atomic E-state index is 11.9. The number of carbonyl (C=O) groups is 1. The lowest BCUT2D eigenvalue weighted by Crippen LogP contribution is -2.37. The van der Waals surface area contributed by atoms with Crippen molar-refractivity contribution in [1.82, 2.24) is 20.4 Å². The summed E-state index contributed by atoms with van der Waals surface area (Å²) in [5.41, 5.74) is 4.29. The SMILES string of the molecule is CN=C(NCCCC(=O)OC1CCCC1)NCc1ccccc1-n1nc(C)cc1C.I. The Morgan fingerprint density at radius 3 is 2.65 bits per heavy atom. The highest BCUT2D eigenvalue weighted by molar-refractivity contribution is 14.0. The van der Waals surface area contributed by atoms with Crippen LogP contribution in [0.15, 0.2) is 35.3 Å². The molecule has 0 radical (unpaired) electrons. The van der Waals surface area contributed by atoms with E-state index in [-0.39, 0.29) is 36.0 Å². The molecule has 2 N–H and O–H groups in total. The highest BCUT2D eigenvalue weighted by Crippen LogP contribution is 2.21. The predicted molar refractivity (Wildman–Crippen MR) is 134 cm³/mol. The smallest absolute Gasteiger partial charge is 0.306 e. The second kappa shape index (κ2) is 12.7. The third kappa shape index (κ3) is 7.52. The minimum Gasteiger partial charge on any atom is -0.462 e. The van der Waals surface area contributed by atoms with Gasteiger partial charge in [0.15, 0.2) is 5.96 Å². The molecule has 170 valence electrons. The van der Waals surface area contributed by atoms with E-state index in [1.165, 1.54) is 12.8 Å². The largest absolute Gasteiger partial charge is 0.462 e. The molecule has 1 aliphatic carbocycles. The Labute approximate surface area is 202 Å². The van der Waals surface area contributed by atoms with Gasteiger partial charge in [0.05, 0.1) is 11.4 Å². The van der Waals surface area contributed by atoms with E-state index in [9.17, 15) is 4.79 Å². The van der Waals surface area contributed by atoms with Gasteiger partial charge < -0.3 is 15.4 Å². The van der Waals surface area contributed by atoms with Gasteiger partial charge in [-0.3, -0.25) is 9.79 Å². The first kappa shape index (κ1) is 25.2. The molecule has 0 aliphatic heterocycles.